The summed E-state index contributed by atoms with van der Waals surface area (Å²) in [5, 5.41) is 4.67. The second-order valence-electron chi connectivity index (χ2n) is 5.74. The Hall–Kier alpha value is -1.01. The molecule has 2 aliphatic rings. The Morgan fingerprint density at radius 2 is 2.35 bits per heavy atom. The highest BCUT2D eigenvalue weighted by atomic mass is 32.1. The molecular formula is C15H19N3OS. The van der Waals surface area contributed by atoms with Gasteiger partial charge in [0, 0.05) is 26.2 Å². The average Bonchev–Trinajstić information content (AvgIpc) is 3.04. The van der Waals surface area contributed by atoms with Crippen LogP contribution in [0.3, 0.4) is 0 Å². The second-order valence-corrected chi connectivity index (χ2v) is 6.86. The molecular weight excluding hydrogens is 270 g/mol. The zero-order valence-electron chi connectivity index (χ0n) is 11.5. The summed E-state index contributed by atoms with van der Waals surface area (Å²) >= 11 is 1.81. The lowest BCUT2D eigenvalue weighted by atomic mass is 10.0. The number of likely N-dealkylation sites (tertiary alicyclic amines) is 1. The molecule has 0 bridgehead atoms. The van der Waals surface area contributed by atoms with E-state index in [1.807, 2.05) is 11.3 Å². The second kappa shape index (κ2) is 5.07. The highest BCUT2D eigenvalue weighted by molar-refractivity contribution is 7.18. The third kappa shape index (κ3) is 2.35. The van der Waals surface area contributed by atoms with Gasteiger partial charge in [0.05, 0.1) is 29.0 Å². The van der Waals surface area contributed by atoms with Gasteiger partial charge in [-0.1, -0.05) is 12.1 Å². The van der Waals surface area contributed by atoms with E-state index in [0.717, 1.165) is 51.3 Å². The zero-order chi connectivity index (χ0) is 13.4. The monoisotopic (exact) mass is 289 g/mol. The number of aromatic nitrogens is 1. The molecule has 4 nitrogen and oxygen atoms in total. The summed E-state index contributed by atoms with van der Waals surface area (Å²) < 4.78 is 7.32. The average molecular weight is 289 g/mol. The molecule has 5 heteroatoms. The molecule has 1 unspecified atom stereocenters. The fourth-order valence-electron chi connectivity index (χ4n) is 3.21. The molecule has 0 radical (unpaired) electrons. The number of para-hydroxylation sites is 1. The van der Waals surface area contributed by atoms with Crippen molar-refractivity contribution >= 4 is 21.6 Å². The lowest BCUT2D eigenvalue weighted by molar-refractivity contribution is -0.0575. The maximum absolute atomic E-state index is 6.03. The third-order valence-electron chi connectivity index (χ3n) is 4.23. The van der Waals surface area contributed by atoms with Gasteiger partial charge in [-0.05, 0) is 18.6 Å². The number of thiazole rings is 1. The van der Waals surface area contributed by atoms with Crippen molar-refractivity contribution in [3.05, 3.63) is 29.3 Å². The van der Waals surface area contributed by atoms with E-state index in [1.54, 1.807) is 0 Å². The summed E-state index contributed by atoms with van der Waals surface area (Å²) in [5.74, 6) is 0. The van der Waals surface area contributed by atoms with Gasteiger partial charge in [0.15, 0.2) is 0 Å². The third-order valence-corrected chi connectivity index (χ3v) is 5.25. The first-order valence-electron chi connectivity index (χ1n) is 7.25. The number of hydrogen-bond acceptors (Lipinski definition) is 5. The van der Waals surface area contributed by atoms with Gasteiger partial charge in [-0.2, -0.15) is 0 Å². The van der Waals surface area contributed by atoms with Gasteiger partial charge in [-0.25, -0.2) is 4.98 Å². The SMILES string of the molecule is c1ccc2sc(CN3CCC4(CNCCO4)C3)nc2c1. The topological polar surface area (TPSA) is 37.4 Å². The maximum atomic E-state index is 6.03. The molecule has 0 aliphatic carbocycles. The van der Waals surface area contributed by atoms with Crippen molar-refractivity contribution < 1.29 is 4.74 Å². The smallest absolute Gasteiger partial charge is 0.108 e. The number of morpholine rings is 1. The Morgan fingerprint density at radius 1 is 1.40 bits per heavy atom. The van der Waals surface area contributed by atoms with Crippen LogP contribution in [0.4, 0.5) is 0 Å². The minimum atomic E-state index is 0.0505. The molecule has 1 spiro atoms. The highest BCUT2D eigenvalue weighted by Crippen LogP contribution is 2.29. The maximum Gasteiger partial charge on any atom is 0.108 e. The van der Waals surface area contributed by atoms with E-state index in [9.17, 15) is 0 Å². The standard InChI is InChI=1S/C15H19N3OS/c1-2-4-13-12(3-1)17-14(20-13)9-18-7-5-15(11-18)10-16-6-8-19-15/h1-4,16H,5-11H2. The van der Waals surface area contributed by atoms with E-state index in [4.69, 9.17) is 9.72 Å². The van der Waals surface area contributed by atoms with Crippen LogP contribution in [0.5, 0.6) is 0 Å². The molecule has 2 aliphatic heterocycles. The van der Waals surface area contributed by atoms with Crippen molar-refractivity contribution in [1.82, 2.24) is 15.2 Å². The first-order chi connectivity index (χ1) is 9.83. The summed E-state index contributed by atoms with van der Waals surface area (Å²) in [7, 11) is 0. The molecule has 0 amide bonds. The minimum Gasteiger partial charge on any atom is -0.371 e. The van der Waals surface area contributed by atoms with Gasteiger partial charge < -0.3 is 10.1 Å². The van der Waals surface area contributed by atoms with Crippen LogP contribution in [0.25, 0.3) is 10.2 Å². The quantitative estimate of drug-likeness (QED) is 0.916. The Labute approximate surface area is 122 Å². The zero-order valence-corrected chi connectivity index (χ0v) is 12.3. The van der Waals surface area contributed by atoms with Crippen LogP contribution in [0.15, 0.2) is 24.3 Å². The van der Waals surface area contributed by atoms with Gasteiger partial charge in [0.2, 0.25) is 0 Å². The van der Waals surface area contributed by atoms with E-state index in [0.29, 0.717) is 0 Å². The molecule has 2 aromatic rings. The van der Waals surface area contributed by atoms with Gasteiger partial charge in [0.1, 0.15) is 5.01 Å². The molecule has 4 rings (SSSR count). The van der Waals surface area contributed by atoms with Crippen LogP contribution >= 0.6 is 11.3 Å². The number of nitrogens with zero attached hydrogens (tertiary/aromatic N) is 2. The van der Waals surface area contributed by atoms with Crippen LogP contribution < -0.4 is 5.32 Å². The largest absolute Gasteiger partial charge is 0.371 e. The van der Waals surface area contributed by atoms with Crippen molar-refractivity contribution in [3.8, 4) is 0 Å². The van der Waals surface area contributed by atoms with Crippen LogP contribution in [-0.2, 0) is 11.3 Å². The first-order valence-corrected chi connectivity index (χ1v) is 8.06. The summed E-state index contributed by atoms with van der Waals surface area (Å²) in [5.41, 5.74) is 1.17. The molecule has 2 saturated heterocycles. The number of rotatable bonds is 2. The van der Waals surface area contributed by atoms with E-state index in [1.165, 1.54) is 9.71 Å². The number of fused-ring (bicyclic) bond motifs is 1. The van der Waals surface area contributed by atoms with E-state index in [-0.39, 0.29) is 5.60 Å². The molecule has 2 fully saturated rings. The Bertz CT molecular complexity index is 573. The molecule has 3 heterocycles. The lowest BCUT2D eigenvalue weighted by Crippen LogP contribution is -2.51. The van der Waals surface area contributed by atoms with Gasteiger partial charge in [-0.15, -0.1) is 11.3 Å². The van der Waals surface area contributed by atoms with E-state index in [2.05, 4.69) is 34.5 Å². The predicted molar refractivity (Wildman–Crippen MR) is 81.1 cm³/mol. The summed E-state index contributed by atoms with van der Waals surface area (Å²) in [6.07, 6.45) is 1.13. The van der Waals surface area contributed by atoms with Crippen molar-refractivity contribution in [1.29, 1.82) is 0 Å². The van der Waals surface area contributed by atoms with Crippen LogP contribution in [0, 0.1) is 0 Å². The molecule has 0 saturated carbocycles. The number of benzene rings is 1. The van der Waals surface area contributed by atoms with Crippen molar-refractivity contribution in [3.63, 3.8) is 0 Å². The van der Waals surface area contributed by atoms with Gasteiger partial charge in [-0.3, -0.25) is 4.90 Å². The first kappa shape index (κ1) is 12.7. The molecule has 1 N–H and O–H groups in total. The number of ether oxygens (including phenoxy) is 1. The number of hydrogen-bond donors (Lipinski definition) is 1. The molecule has 1 aromatic heterocycles. The predicted octanol–water partition coefficient (Wildman–Crippen LogP) is 1.86. The van der Waals surface area contributed by atoms with Crippen molar-refractivity contribution in [2.24, 2.45) is 0 Å². The van der Waals surface area contributed by atoms with Gasteiger partial charge in [0.25, 0.3) is 0 Å². The minimum absolute atomic E-state index is 0.0505. The molecule has 1 atom stereocenters. The Kier molecular flexibility index (Phi) is 3.22. The van der Waals surface area contributed by atoms with E-state index >= 15 is 0 Å². The fraction of sp³-hybridized carbons (Fsp3) is 0.533. The normalized spacial score (nSPS) is 27.6. The summed E-state index contributed by atoms with van der Waals surface area (Å²) in [4.78, 5) is 7.21. The van der Waals surface area contributed by atoms with Crippen LogP contribution in [-0.4, -0.2) is 48.3 Å². The Balaban J connectivity index is 1.47. The molecule has 20 heavy (non-hydrogen) atoms. The van der Waals surface area contributed by atoms with Crippen LogP contribution in [0.1, 0.15) is 11.4 Å². The fourth-order valence-corrected chi connectivity index (χ4v) is 4.22. The molecule has 106 valence electrons. The lowest BCUT2D eigenvalue weighted by Gasteiger charge is -2.34. The molecule has 1 aromatic carbocycles. The van der Waals surface area contributed by atoms with Crippen molar-refractivity contribution in [2.75, 3.05) is 32.8 Å². The van der Waals surface area contributed by atoms with E-state index < -0.39 is 0 Å². The number of nitrogens with one attached hydrogen (secondary N) is 1. The summed E-state index contributed by atoms with van der Waals surface area (Å²) in [6, 6.07) is 8.38. The van der Waals surface area contributed by atoms with Gasteiger partial charge >= 0.3 is 0 Å². The highest BCUT2D eigenvalue weighted by Gasteiger charge is 2.40. The Morgan fingerprint density at radius 3 is 3.20 bits per heavy atom. The van der Waals surface area contributed by atoms with Crippen molar-refractivity contribution in [2.45, 2.75) is 18.6 Å². The van der Waals surface area contributed by atoms with Crippen LogP contribution in [0.2, 0.25) is 0 Å². The summed E-state index contributed by atoms with van der Waals surface area (Å²) in [6.45, 7) is 5.90.